The Morgan fingerprint density at radius 2 is 2.38 bits per heavy atom. The molecule has 0 amide bonds. The molecule has 0 unspecified atom stereocenters. The monoisotopic (exact) mass is 207 g/mol. The first-order valence-electron chi connectivity index (χ1n) is 3.44. The van der Waals surface area contributed by atoms with Crippen molar-refractivity contribution in [2.75, 3.05) is 0 Å². The third-order valence-corrected chi connectivity index (χ3v) is 2.20. The number of aryl methyl sites for hydroxylation is 1. The van der Waals surface area contributed by atoms with Crippen LogP contribution in [-0.4, -0.2) is 22.0 Å². The molecule has 1 N–H and O–H groups in total. The lowest BCUT2D eigenvalue weighted by Crippen LogP contribution is -2.30. The van der Waals surface area contributed by atoms with Crippen molar-refractivity contribution < 1.29 is 18.7 Å². The van der Waals surface area contributed by atoms with Gasteiger partial charge in [-0.25, -0.2) is 9.78 Å². The summed E-state index contributed by atoms with van der Waals surface area (Å²) in [5.41, 5.74) is 0.120. The standard InChI is InChI=1S/C7H7F2NO2S/c1-4-10-5(3-13-4)2-7(8,9)6(11)12/h3H,2H2,1H3,(H,11,12). The van der Waals surface area contributed by atoms with Crippen LogP contribution in [0, 0.1) is 6.92 Å². The number of carbonyl (C=O) groups is 1. The van der Waals surface area contributed by atoms with Crippen LogP contribution >= 0.6 is 11.3 Å². The van der Waals surface area contributed by atoms with Gasteiger partial charge in [0.15, 0.2) is 0 Å². The Labute approximate surface area is 77.0 Å². The summed E-state index contributed by atoms with van der Waals surface area (Å²) in [4.78, 5) is 13.8. The topological polar surface area (TPSA) is 50.2 Å². The van der Waals surface area contributed by atoms with Crippen LogP contribution in [0.5, 0.6) is 0 Å². The average Bonchev–Trinajstić information content (AvgIpc) is 2.34. The van der Waals surface area contributed by atoms with Crippen molar-refractivity contribution in [3.05, 3.63) is 16.1 Å². The van der Waals surface area contributed by atoms with E-state index < -0.39 is 18.3 Å². The van der Waals surface area contributed by atoms with E-state index in [0.717, 1.165) is 0 Å². The maximum atomic E-state index is 12.6. The molecule has 0 saturated heterocycles. The Kier molecular flexibility index (Phi) is 2.60. The smallest absolute Gasteiger partial charge is 0.374 e. The van der Waals surface area contributed by atoms with Gasteiger partial charge in [0.25, 0.3) is 0 Å². The lowest BCUT2D eigenvalue weighted by molar-refractivity contribution is -0.164. The van der Waals surface area contributed by atoms with Gasteiger partial charge in [-0.15, -0.1) is 11.3 Å². The third kappa shape index (κ3) is 2.45. The number of aliphatic carboxylic acids is 1. The Hall–Kier alpha value is -1.04. The average molecular weight is 207 g/mol. The van der Waals surface area contributed by atoms with Crippen LogP contribution in [0.4, 0.5) is 8.78 Å². The van der Waals surface area contributed by atoms with E-state index in [0.29, 0.717) is 5.01 Å². The summed E-state index contributed by atoms with van der Waals surface area (Å²) in [7, 11) is 0. The second-order valence-electron chi connectivity index (χ2n) is 2.54. The quantitative estimate of drug-likeness (QED) is 0.820. The van der Waals surface area contributed by atoms with E-state index in [4.69, 9.17) is 5.11 Å². The Morgan fingerprint density at radius 1 is 1.77 bits per heavy atom. The lowest BCUT2D eigenvalue weighted by atomic mass is 10.2. The largest absolute Gasteiger partial charge is 0.477 e. The summed E-state index contributed by atoms with van der Waals surface area (Å²) in [5.74, 6) is -5.83. The van der Waals surface area contributed by atoms with Crippen molar-refractivity contribution in [1.29, 1.82) is 0 Å². The summed E-state index contributed by atoms with van der Waals surface area (Å²) >= 11 is 1.22. The second kappa shape index (κ2) is 3.37. The molecule has 6 heteroatoms. The first kappa shape index (κ1) is 10.0. The van der Waals surface area contributed by atoms with Gasteiger partial charge in [0, 0.05) is 5.38 Å². The van der Waals surface area contributed by atoms with E-state index in [2.05, 4.69) is 4.98 Å². The maximum absolute atomic E-state index is 12.6. The summed E-state index contributed by atoms with van der Waals surface area (Å²) in [6, 6.07) is 0. The summed E-state index contributed by atoms with van der Waals surface area (Å²) < 4.78 is 25.2. The molecule has 72 valence electrons. The molecule has 0 aliphatic rings. The minimum Gasteiger partial charge on any atom is -0.477 e. The van der Waals surface area contributed by atoms with E-state index >= 15 is 0 Å². The Morgan fingerprint density at radius 3 is 2.77 bits per heavy atom. The number of hydrogen-bond acceptors (Lipinski definition) is 3. The minimum absolute atomic E-state index is 0.120. The zero-order chi connectivity index (χ0) is 10.1. The zero-order valence-electron chi connectivity index (χ0n) is 6.75. The first-order valence-corrected chi connectivity index (χ1v) is 4.32. The van der Waals surface area contributed by atoms with Crippen LogP contribution in [-0.2, 0) is 11.2 Å². The predicted octanol–water partition coefficient (Wildman–Crippen LogP) is 1.71. The number of alkyl halides is 2. The molecule has 0 aliphatic heterocycles. The maximum Gasteiger partial charge on any atom is 0.374 e. The zero-order valence-corrected chi connectivity index (χ0v) is 7.57. The van der Waals surface area contributed by atoms with Crippen molar-refractivity contribution in [2.24, 2.45) is 0 Å². The molecule has 0 atom stereocenters. The highest BCUT2D eigenvalue weighted by Gasteiger charge is 2.39. The predicted molar refractivity (Wildman–Crippen MR) is 43.1 cm³/mol. The van der Waals surface area contributed by atoms with Crippen LogP contribution in [0.3, 0.4) is 0 Å². The molecular weight excluding hydrogens is 200 g/mol. The SMILES string of the molecule is Cc1nc(CC(F)(F)C(=O)O)cs1. The first-order chi connectivity index (χ1) is 5.92. The summed E-state index contributed by atoms with van der Waals surface area (Å²) in [6.07, 6.45) is -0.841. The minimum atomic E-state index is -3.72. The third-order valence-electron chi connectivity index (χ3n) is 1.38. The van der Waals surface area contributed by atoms with Gasteiger partial charge in [-0.2, -0.15) is 8.78 Å². The number of carboxylic acids is 1. The number of rotatable bonds is 3. The van der Waals surface area contributed by atoms with E-state index in [-0.39, 0.29) is 5.69 Å². The van der Waals surface area contributed by atoms with Gasteiger partial charge in [0.1, 0.15) is 0 Å². The van der Waals surface area contributed by atoms with E-state index in [1.807, 2.05) is 0 Å². The van der Waals surface area contributed by atoms with Crippen LogP contribution in [0.2, 0.25) is 0 Å². The molecule has 0 aliphatic carbocycles. The number of halogens is 2. The number of nitrogens with zero attached hydrogens (tertiary/aromatic N) is 1. The van der Waals surface area contributed by atoms with Gasteiger partial charge in [0.2, 0.25) is 0 Å². The highest BCUT2D eigenvalue weighted by atomic mass is 32.1. The van der Waals surface area contributed by atoms with Crippen molar-refractivity contribution >= 4 is 17.3 Å². The molecule has 0 aromatic carbocycles. The van der Waals surface area contributed by atoms with Crippen molar-refractivity contribution in [3.63, 3.8) is 0 Å². The molecule has 0 fully saturated rings. The highest BCUT2D eigenvalue weighted by Crippen LogP contribution is 2.21. The normalized spacial score (nSPS) is 11.6. The fourth-order valence-corrected chi connectivity index (χ4v) is 1.41. The molecule has 0 bridgehead atoms. The number of carboxylic acid groups (broad SMARTS) is 1. The molecule has 0 spiro atoms. The molecule has 1 heterocycles. The van der Waals surface area contributed by atoms with Crippen LogP contribution in [0.1, 0.15) is 10.7 Å². The molecule has 1 rings (SSSR count). The van der Waals surface area contributed by atoms with Gasteiger partial charge in [0.05, 0.1) is 17.1 Å². The molecule has 0 saturated carbocycles. The molecular formula is C7H7F2NO2S. The fourth-order valence-electron chi connectivity index (χ4n) is 0.793. The van der Waals surface area contributed by atoms with Gasteiger partial charge < -0.3 is 5.11 Å². The highest BCUT2D eigenvalue weighted by molar-refractivity contribution is 7.09. The Balaban J connectivity index is 2.74. The van der Waals surface area contributed by atoms with Gasteiger partial charge >= 0.3 is 11.9 Å². The van der Waals surface area contributed by atoms with Gasteiger partial charge in [-0.05, 0) is 6.92 Å². The van der Waals surface area contributed by atoms with Gasteiger partial charge in [-0.3, -0.25) is 0 Å². The summed E-state index contributed by atoms with van der Waals surface area (Å²) in [5, 5.41) is 10.2. The Bertz CT molecular complexity index is 324. The second-order valence-corrected chi connectivity index (χ2v) is 3.61. The van der Waals surface area contributed by atoms with Crippen molar-refractivity contribution in [3.8, 4) is 0 Å². The fraction of sp³-hybridized carbons (Fsp3) is 0.429. The van der Waals surface area contributed by atoms with E-state index in [9.17, 15) is 13.6 Å². The van der Waals surface area contributed by atoms with Crippen molar-refractivity contribution in [2.45, 2.75) is 19.3 Å². The number of aromatic nitrogens is 1. The van der Waals surface area contributed by atoms with Crippen LogP contribution in [0.15, 0.2) is 5.38 Å². The molecule has 13 heavy (non-hydrogen) atoms. The molecule has 3 nitrogen and oxygen atoms in total. The molecule has 1 aromatic heterocycles. The number of hydrogen-bond donors (Lipinski definition) is 1. The number of thiazole rings is 1. The summed E-state index contributed by atoms with van der Waals surface area (Å²) in [6.45, 7) is 1.67. The van der Waals surface area contributed by atoms with E-state index in [1.54, 1.807) is 6.92 Å². The van der Waals surface area contributed by atoms with Crippen LogP contribution < -0.4 is 0 Å². The van der Waals surface area contributed by atoms with Gasteiger partial charge in [-0.1, -0.05) is 0 Å². The molecule has 1 aromatic rings. The van der Waals surface area contributed by atoms with E-state index in [1.165, 1.54) is 16.7 Å². The van der Waals surface area contributed by atoms with Crippen LogP contribution in [0.25, 0.3) is 0 Å². The molecule has 0 radical (unpaired) electrons. The lowest BCUT2D eigenvalue weighted by Gasteiger charge is -2.07. The van der Waals surface area contributed by atoms with Crippen molar-refractivity contribution in [1.82, 2.24) is 4.98 Å².